The Kier molecular flexibility index (Phi) is 40.7. The largest absolute Gasteiger partial charge is 0.457 e. The molecule has 31 nitrogen and oxygen atoms in total. The van der Waals surface area contributed by atoms with E-state index in [1.54, 1.807) is 6.92 Å². The van der Waals surface area contributed by atoms with Gasteiger partial charge in [0.1, 0.15) is 73.2 Å². The molecule has 0 bridgehead atoms. The van der Waals surface area contributed by atoms with Gasteiger partial charge in [0.15, 0.2) is 74.0 Å². The number of carbonyl (C=O) groups is 6. The van der Waals surface area contributed by atoms with Gasteiger partial charge in [-0.1, -0.05) is 303 Å². The van der Waals surface area contributed by atoms with E-state index in [-0.39, 0.29) is 92.5 Å². The van der Waals surface area contributed by atoms with Gasteiger partial charge in [0.2, 0.25) is 0 Å². The Hall–Kier alpha value is -11.7. The predicted octanol–water partition coefficient (Wildman–Crippen LogP) is 14.8. The lowest BCUT2D eigenvalue weighted by Gasteiger charge is -2.52. The van der Waals surface area contributed by atoms with Crippen molar-refractivity contribution in [1.29, 1.82) is 0 Å². The Morgan fingerprint density at radius 1 is 0.188 bits per heavy atom. The Morgan fingerprint density at radius 2 is 0.368 bits per heavy atom. The number of hydrogen-bond acceptors (Lipinski definition) is 31. The molecule has 5 heterocycles. The number of benzene rings is 10. The first kappa shape index (κ1) is 107. The summed E-state index contributed by atoms with van der Waals surface area (Å²) in [6.07, 6.45) is -36.9. The Balaban J connectivity index is 0.869. The minimum absolute atomic E-state index is 0.0442. The number of ether oxygens (including phenoxy) is 25. The van der Waals surface area contributed by atoms with Gasteiger partial charge >= 0.3 is 35.8 Å². The van der Waals surface area contributed by atoms with Gasteiger partial charge in [0.05, 0.1) is 105 Å². The molecule has 5 fully saturated rings. The van der Waals surface area contributed by atoms with Crippen molar-refractivity contribution in [2.45, 2.75) is 268 Å². The number of hydrogen-bond donors (Lipinski definition) is 0. The van der Waals surface area contributed by atoms with E-state index in [0.29, 0.717) is 11.1 Å². The first-order valence-corrected chi connectivity index (χ1v) is 48.5. The van der Waals surface area contributed by atoms with Crippen LogP contribution < -0.4 is 0 Å². The molecule has 25 atom stereocenters. The number of carbonyl (C=O) groups excluding carboxylic acids is 6. The molecule has 10 aromatic carbocycles. The minimum atomic E-state index is -1.84. The van der Waals surface area contributed by atoms with Gasteiger partial charge in [-0.3, -0.25) is 28.8 Å². The van der Waals surface area contributed by atoms with E-state index in [4.69, 9.17) is 118 Å². The van der Waals surface area contributed by atoms with E-state index >= 15 is 0 Å². The van der Waals surface area contributed by atoms with Gasteiger partial charge in [0, 0.05) is 41.5 Å². The van der Waals surface area contributed by atoms with E-state index in [0.717, 1.165) is 44.5 Å². The summed E-state index contributed by atoms with van der Waals surface area (Å²) in [6, 6.07) is 93.6. The van der Waals surface area contributed by atoms with Crippen LogP contribution in [0.4, 0.5) is 0 Å². The first-order chi connectivity index (χ1) is 70.2. The van der Waals surface area contributed by atoms with Crippen LogP contribution in [0.25, 0.3) is 0 Å². The summed E-state index contributed by atoms with van der Waals surface area (Å²) >= 11 is 0. The molecular formula is C113H126O31. The smallest absolute Gasteiger partial charge is 0.303 e. The van der Waals surface area contributed by atoms with Crippen molar-refractivity contribution in [3.05, 3.63) is 359 Å². The maximum atomic E-state index is 14.6. The Bertz CT molecular complexity index is 5490. The molecule has 31 heteroatoms. The molecule has 5 saturated heterocycles. The molecule has 5 aliphatic heterocycles. The van der Waals surface area contributed by atoms with Gasteiger partial charge in [-0.05, 0) is 62.6 Å². The molecular weight excluding hydrogens is 1850 g/mol. The molecule has 144 heavy (non-hydrogen) atoms. The highest BCUT2D eigenvalue weighted by molar-refractivity contribution is 5.69. The van der Waals surface area contributed by atoms with Crippen LogP contribution in [0.2, 0.25) is 0 Å². The first-order valence-electron chi connectivity index (χ1n) is 48.5. The minimum Gasteiger partial charge on any atom is -0.457 e. The van der Waals surface area contributed by atoms with E-state index in [9.17, 15) is 28.8 Å². The molecule has 0 amide bonds. The van der Waals surface area contributed by atoms with Crippen LogP contribution >= 0.6 is 0 Å². The van der Waals surface area contributed by atoms with Gasteiger partial charge < -0.3 is 118 Å². The molecule has 0 spiro atoms. The van der Waals surface area contributed by atoms with Crippen molar-refractivity contribution < 1.29 is 147 Å². The second-order valence-electron chi connectivity index (χ2n) is 35.7. The summed E-state index contributed by atoms with van der Waals surface area (Å²) < 4.78 is 174. The highest BCUT2D eigenvalue weighted by Crippen LogP contribution is 2.43. The molecule has 0 radical (unpaired) electrons. The molecule has 5 aliphatic rings. The Morgan fingerprint density at radius 3 is 0.611 bits per heavy atom. The summed E-state index contributed by atoms with van der Waals surface area (Å²) in [5.74, 6) is -4.90. The van der Waals surface area contributed by atoms with E-state index in [2.05, 4.69) is 0 Å². The van der Waals surface area contributed by atoms with Crippen LogP contribution in [0, 0.1) is 0 Å². The lowest BCUT2D eigenvalue weighted by atomic mass is 9.93. The average molecular weight is 1980 g/mol. The monoisotopic (exact) mass is 1980 g/mol. The summed E-state index contributed by atoms with van der Waals surface area (Å²) in [5, 5.41) is 0. The van der Waals surface area contributed by atoms with E-state index in [1.165, 1.54) is 41.5 Å². The topological polar surface area (TPSA) is 333 Å². The van der Waals surface area contributed by atoms with Crippen LogP contribution in [0.3, 0.4) is 0 Å². The van der Waals surface area contributed by atoms with Gasteiger partial charge in [-0.25, -0.2) is 0 Å². The van der Waals surface area contributed by atoms with Crippen LogP contribution in [0.5, 0.6) is 0 Å². The Labute approximate surface area is 838 Å². The van der Waals surface area contributed by atoms with Crippen LogP contribution in [0.1, 0.15) is 104 Å². The second-order valence-corrected chi connectivity index (χ2v) is 35.7. The van der Waals surface area contributed by atoms with Crippen molar-refractivity contribution in [2.75, 3.05) is 33.0 Å². The van der Waals surface area contributed by atoms with Crippen LogP contribution in [-0.4, -0.2) is 222 Å². The fraction of sp³-hybridized carbons (Fsp3) is 0.416. The lowest BCUT2D eigenvalue weighted by molar-refractivity contribution is -0.392. The molecule has 0 aliphatic carbocycles. The maximum Gasteiger partial charge on any atom is 0.303 e. The van der Waals surface area contributed by atoms with Crippen molar-refractivity contribution in [3.8, 4) is 0 Å². The van der Waals surface area contributed by atoms with Crippen LogP contribution in [-0.2, 0) is 213 Å². The van der Waals surface area contributed by atoms with Crippen molar-refractivity contribution in [3.63, 3.8) is 0 Å². The van der Waals surface area contributed by atoms with Crippen molar-refractivity contribution in [2.24, 2.45) is 0 Å². The molecule has 10 aromatic rings. The fourth-order valence-electron chi connectivity index (χ4n) is 18.1. The molecule has 0 saturated carbocycles. The maximum absolute atomic E-state index is 14.6. The molecule has 0 aromatic heterocycles. The summed E-state index contributed by atoms with van der Waals surface area (Å²) in [5.41, 5.74) is 7.57. The lowest BCUT2D eigenvalue weighted by Crippen LogP contribution is -2.69. The van der Waals surface area contributed by atoms with Crippen LogP contribution in [0.15, 0.2) is 303 Å². The van der Waals surface area contributed by atoms with E-state index < -0.39 is 196 Å². The summed E-state index contributed by atoms with van der Waals surface area (Å²) in [7, 11) is 0. The highest BCUT2D eigenvalue weighted by atomic mass is 16.8. The summed E-state index contributed by atoms with van der Waals surface area (Å²) in [6.45, 7) is 7.29. The second kappa shape index (κ2) is 55.0. The average Bonchev–Trinajstić information content (AvgIpc) is 0.684. The molecule has 15 rings (SSSR count). The zero-order chi connectivity index (χ0) is 100. The quantitative estimate of drug-likeness (QED) is 0.0252. The van der Waals surface area contributed by atoms with Gasteiger partial charge in [-0.2, -0.15) is 0 Å². The third kappa shape index (κ3) is 31.4. The SMILES string of the molecule is CC(=O)OC1C(OC(C)=O)[C@@H](OCc2ccccc2)C(COCc2ccccc2)O[C@@H]1OC1C(OC(C)=O)[C@@H](OCc2ccccc2)C(COCc2ccccc2)O[C@@H]1O[C@@H]1C(OCc2ccccc2)[C@@H](C)OC(CO[C@H]2OC(COCc3ccccc3)[C@@H](OCc3ccccc3)[C@H](OC(C)=O)C2O[C@H]2OC(COCc3ccccc3)[C@H](OCc3ccccc3)[C@H](OC(C)=O)C2OC(C)=O)[C@H]1OCc1ccccc1. The van der Waals surface area contributed by atoms with Gasteiger partial charge in [0.25, 0.3) is 0 Å². The number of rotatable bonds is 49. The molecule has 12 unspecified atom stereocenters. The fourth-order valence-corrected chi connectivity index (χ4v) is 18.1. The zero-order valence-corrected chi connectivity index (χ0v) is 81.6. The summed E-state index contributed by atoms with van der Waals surface area (Å²) in [4.78, 5) is 85.1. The van der Waals surface area contributed by atoms with E-state index in [1.807, 2.05) is 303 Å². The predicted molar refractivity (Wildman–Crippen MR) is 517 cm³/mol. The van der Waals surface area contributed by atoms with Gasteiger partial charge in [-0.15, -0.1) is 0 Å². The standard InChI is InChI=1S/C113H126O31/c1-73-95(124-62-84-46-26-12-27-47-84)101(142-113-109(105(135-77(5)117)99(128-66-88-54-34-16-35-55-88)93(141-113)71-123-61-83-44-24-11-25-45-83)144-112-108(137-79(7)119)104(134-76(4)116)98(127-65-87-52-32-15-33-53-87)92(140-112)70-122-60-82-42-22-10-23-43-82)100(129-67-89-56-36-17-37-57-89)94(131-73)72-130-110-106(102(132-74(2)114)96(125-63-85-48-28-13-29-49-85)90(138-110)68-120-58-80-38-18-8-19-39-80)143-111-107(136-78(6)118)103(133-75(3)115)97(126-64-86-50-30-14-31-51-86)91(139-111)69-121-59-81-40-20-9-21-41-81/h8-57,73,90-113H,58-72H2,1-7H3/t73-,90?,91?,92?,93?,94?,95?,96-,97+,98+,99+,100-,101-,102+,103+,104?,105?,106?,107?,108?,109?,110+,111-,112-,113-/m1/s1. The third-order valence-corrected chi connectivity index (χ3v) is 24.6. The molecule has 764 valence electrons. The third-order valence-electron chi connectivity index (χ3n) is 24.6. The van der Waals surface area contributed by atoms with Crippen molar-refractivity contribution >= 4 is 35.8 Å². The number of esters is 6. The van der Waals surface area contributed by atoms with Crippen molar-refractivity contribution in [1.82, 2.24) is 0 Å². The normalized spacial score (nSPS) is 27.3. The highest BCUT2D eigenvalue weighted by Gasteiger charge is 2.61. The zero-order valence-electron chi connectivity index (χ0n) is 81.6. The molecule has 0 N–H and O–H groups in total.